The number of carboxylic acid groups (broad SMARTS) is 1. The van der Waals surface area contributed by atoms with E-state index in [0.717, 1.165) is 13.1 Å². The fraction of sp³-hybridized carbons (Fsp3) is 0.615. The average Bonchev–Trinajstić information content (AvgIpc) is 2.71. The van der Waals surface area contributed by atoms with Crippen LogP contribution in [0.15, 0.2) is 12.3 Å². The van der Waals surface area contributed by atoms with E-state index in [2.05, 4.69) is 11.8 Å². The van der Waals surface area contributed by atoms with Gasteiger partial charge in [-0.15, -0.1) is 0 Å². The van der Waals surface area contributed by atoms with Gasteiger partial charge in [0, 0.05) is 18.8 Å². The summed E-state index contributed by atoms with van der Waals surface area (Å²) >= 11 is 5.88. The largest absolute Gasteiger partial charge is 0.477 e. The quantitative estimate of drug-likeness (QED) is 0.915. The summed E-state index contributed by atoms with van der Waals surface area (Å²) in [5.74, 6) is -0.923. The molecule has 1 fully saturated rings. The highest BCUT2D eigenvalue weighted by atomic mass is 35.5. The number of aromatic nitrogens is 1. The van der Waals surface area contributed by atoms with E-state index < -0.39 is 5.97 Å². The lowest BCUT2D eigenvalue weighted by atomic mass is 10.1. The van der Waals surface area contributed by atoms with Crippen LogP contribution >= 0.6 is 11.6 Å². The molecule has 18 heavy (non-hydrogen) atoms. The molecule has 1 aromatic rings. The van der Waals surface area contributed by atoms with E-state index in [1.807, 2.05) is 0 Å². The van der Waals surface area contributed by atoms with Crippen molar-refractivity contribution in [3.8, 4) is 0 Å². The summed E-state index contributed by atoms with van der Waals surface area (Å²) in [6, 6.07) is 1.85. The lowest BCUT2D eigenvalue weighted by Crippen LogP contribution is -2.40. The molecule has 1 aliphatic rings. The molecule has 1 aromatic heterocycles. The minimum absolute atomic E-state index is 0.267. The van der Waals surface area contributed by atoms with Crippen molar-refractivity contribution in [2.45, 2.75) is 38.8 Å². The number of halogens is 1. The second-order valence-corrected chi connectivity index (χ2v) is 5.38. The molecule has 1 atom stereocenters. The second kappa shape index (κ2) is 5.76. The summed E-state index contributed by atoms with van der Waals surface area (Å²) in [4.78, 5) is 13.5. The van der Waals surface area contributed by atoms with E-state index in [0.29, 0.717) is 17.6 Å². The Morgan fingerprint density at radius 2 is 2.11 bits per heavy atom. The molecule has 2 rings (SSSR count). The summed E-state index contributed by atoms with van der Waals surface area (Å²) in [5, 5.41) is 9.59. The number of likely N-dealkylation sites (tertiary alicyclic amines) is 1. The zero-order valence-electron chi connectivity index (χ0n) is 10.6. The van der Waals surface area contributed by atoms with Crippen LogP contribution in [-0.4, -0.2) is 39.7 Å². The molecule has 5 heteroatoms. The van der Waals surface area contributed by atoms with Gasteiger partial charge in [-0.05, 0) is 38.9 Å². The van der Waals surface area contributed by atoms with Gasteiger partial charge in [-0.25, -0.2) is 4.79 Å². The van der Waals surface area contributed by atoms with Crippen molar-refractivity contribution in [1.29, 1.82) is 0 Å². The molecule has 0 aromatic carbocycles. The van der Waals surface area contributed by atoms with Crippen molar-refractivity contribution >= 4 is 17.6 Å². The SMILES string of the molecule is CC(Cn1cc(Cl)cc1C(=O)O)N1CCCCC1. The van der Waals surface area contributed by atoms with Crippen molar-refractivity contribution in [3.05, 3.63) is 23.0 Å². The Bertz CT molecular complexity index is 425. The van der Waals surface area contributed by atoms with Crippen LogP contribution in [0.4, 0.5) is 0 Å². The predicted molar refractivity (Wildman–Crippen MR) is 71.3 cm³/mol. The normalized spacial score (nSPS) is 18.8. The second-order valence-electron chi connectivity index (χ2n) is 4.95. The van der Waals surface area contributed by atoms with E-state index >= 15 is 0 Å². The third kappa shape index (κ3) is 3.06. The third-order valence-electron chi connectivity index (χ3n) is 3.56. The number of carboxylic acids is 1. The molecule has 0 radical (unpaired) electrons. The van der Waals surface area contributed by atoms with Crippen LogP contribution in [0.2, 0.25) is 5.02 Å². The molecule has 0 aliphatic carbocycles. The smallest absolute Gasteiger partial charge is 0.352 e. The number of hydrogen-bond donors (Lipinski definition) is 1. The molecule has 0 spiro atoms. The molecule has 1 N–H and O–H groups in total. The number of piperidine rings is 1. The molecule has 2 heterocycles. The van der Waals surface area contributed by atoms with E-state index in [9.17, 15) is 4.79 Å². The monoisotopic (exact) mass is 270 g/mol. The third-order valence-corrected chi connectivity index (χ3v) is 3.76. The Hall–Kier alpha value is -1.00. The lowest BCUT2D eigenvalue weighted by molar-refractivity contribution is 0.0681. The average molecular weight is 271 g/mol. The summed E-state index contributed by atoms with van der Waals surface area (Å²) in [7, 11) is 0. The van der Waals surface area contributed by atoms with Gasteiger partial charge in [-0.2, -0.15) is 0 Å². The Labute approximate surface area is 112 Å². The highest BCUT2D eigenvalue weighted by Gasteiger charge is 2.19. The Balaban J connectivity index is 2.05. The molecule has 1 unspecified atom stereocenters. The van der Waals surface area contributed by atoms with Crippen molar-refractivity contribution in [2.24, 2.45) is 0 Å². The van der Waals surface area contributed by atoms with Crippen molar-refractivity contribution in [2.75, 3.05) is 13.1 Å². The van der Waals surface area contributed by atoms with Crippen LogP contribution in [-0.2, 0) is 6.54 Å². The van der Waals surface area contributed by atoms with E-state index in [-0.39, 0.29) is 5.69 Å². The van der Waals surface area contributed by atoms with Gasteiger partial charge in [0.1, 0.15) is 5.69 Å². The lowest BCUT2D eigenvalue weighted by Gasteiger charge is -2.32. The Morgan fingerprint density at radius 1 is 1.44 bits per heavy atom. The summed E-state index contributed by atoms with van der Waals surface area (Å²) in [6.07, 6.45) is 5.48. The van der Waals surface area contributed by atoms with Gasteiger partial charge >= 0.3 is 5.97 Å². The first kappa shape index (κ1) is 13.4. The predicted octanol–water partition coefficient (Wildman–Crippen LogP) is 2.71. The Kier molecular flexibility index (Phi) is 4.30. The zero-order chi connectivity index (χ0) is 13.1. The topological polar surface area (TPSA) is 45.5 Å². The van der Waals surface area contributed by atoms with Crippen LogP contribution in [0.25, 0.3) is 0 Å². The van der Waals surface area contributed by atoms with Crippen LogP contribution in [0.5, 0.6) is 0 Å². The molecule has 0 amide bonds. The van der Waals surface area contributed by atoms with Gasteiger partial charge in [0.15, 0.2) is 0 Å². The van der Waals surface area contributed by atoms with Crippen LogP contribution < -0.4 is 0 Å². The first-order valence-electron chi connectivity index (χ1n) is 6.41. The molecular weight excluding hydrogens is 252 g/mol. The maximum absolute atomic E-state index is 11.1. The first-order valence-corrected chi connectivity index (χ1v) is 6.78. The van der Waals surface area contributed by atoms with E-state index in [1.54, 1.807) is 10.8 Å². The minimum Gasteiger partial charge on any atom is -0.477 e. The Morgan fingerprint density at radius 3 is 2.72 bits per heavy atom. The van der Waals surface area contributed by atoms with Crippen molar-refractivity contribution in [1.82, 2.24) is 9.47 Å². The molecule has 1 aliphatic heterocycles. The molecule has 1 saturated heterocycles. The van der Waals surface area contributed by atoms with Gasteiger partial charge < -0.3 is 9.67 Å². The number of hydrogen-bond acceptors (Lipinski definition) is 2. The summed E-state index contributed by atoms with van der Waals surface area (Å²) in [6.45, 7) is 5.04. The zero-order valence-corrected chi connectivity index (χ0v) is 11.4. The standard InChI is InChI=1S/C13H19ClN2O2/c1-10(15-5-3-2-4-6-15)8-16-9-11(14)7-12(16)13(17)18/h7,9-10H,2-6,8H2,1H3,(H,17,18). The highest BCUT2D eigenvalue weighted by molar-refractivity contribution is 6.30. The maximum Gasteiger partial charge on any atom is 0.352 e. The van der Waals surface area contributed by atoms with Crippen LogP contribution in [0, 0.1) is 0 Å². The molecule has 100 valence electrons. The highest BCUT2D eigenvalue weighted by Crippen LogP contribution is 2.18. The van der Waals surface area contributed by atoms with E-state index in [1.165, 1.54) is 25.3 Å². The molecule has 4 nitrogen and oxygen atoms in total. The van der Waals surface area contributed by atoms with Crippen LogP contribution in [0.3, 0.4) is 0 Å². The van der Waals surface area contributed by atoms with Crippen molar-refractivity contribution in [3.63, 3.8) is 0 Å². The number of carbonyl (C=O) groups is 1. The van der Waals surface area contributed by atoms with E-state index in [4.69, 9.17) is 16.7 Å². The molecular formula is C13H19ClN2O2. The summed E-state index contributed by atoms with van der Waals surface area (Å²) in [5.41, 5.74) is 0.267. The van der Waals surface area contributed by atoms with Gasteiger partial charge in [0.2, 0.25) is 0 Å². The number of nitrogens with zero attached hydrogens (tertiary/aromatic N) is 2. The molecule has 0 bridgehead atoms. The minimum atomic E-state index is -0.923. The van der Waals surface area contributed by atoms with Crippen LogP contribution in [0.1, 0.15) is 36.7 Å². The molecule has 0 saturated carbocycles. The van der Waals surface area contributed by atoms with Gasteiger partial charge in [0.25, 0.3) is 0 Å². The number of aromatic carboxylic acids is 1. The first-order chi connectivity index (χ1) is 8.58. The van der Waals surface area contributed by atoms with Gasteiger partial charge in [0.05, 0.1) is 5.02 Å². The fourth-order valence-corrected chi connectivity index (χ4v) is 2.79. The number of rotatable bonds is 4. The summed E-state index contributed by atoms with van der Waals surface area (Å²) < 4.78 is 1.74. The van der Waals surface area contributed by atoms with Crippen molar-refractivity contribution < 1.29 is 9.90 Å². The fourth-order valence-electron chi connectivity index (χ4n) is 2.56. The maximum atomic E-state index is 11.1. The van der Waals surface area contributed by atoms with Gasteiger partial charge in [-0.3, -0.25) is 4.90 Å². The van der Waals surface area contributed by atoms with Gasteiger partial charge in [-0.1, -0.05) is 18.0 Å².